The molecule has 0 saturated heterocycles. The van der Waals surface area contributed by atoms with Gasteiger partial charge in [0.2, 0.25) is 0 Å². The highest BCUT2D eigenvalue weighted by Gasteiger charge is 2.17. The van der Waals surface area contributed by atoms with E-state index in [-0.39, 0.29) is 23.3 Å². The van der Waals surface area contributed by atoms with Gasteiger partial charge in [-0.15, -0.1) is 0 Å². The molecule has 0 aliphatic carbocycles. The fourth-order valence-electron chi connectivity index (χ4n) is 3.15. The van der Waals surface area contributed by atoms with Crippen molar-refractivity contribution < 1.29 is 27.5 Å². The van der Waals surface area contributed by atoms with Crippen LogP contribution in [0, 0.1) is 0 Å². The third-order valence-corrected chi connectivity index (χ3v) is 6.11. The number of anilines is 3. The van der Waals surface area contributed by atoms with E-state index in [0.29, 0.717) is 40.7 Å². The molecule has 1 aliphatic heterocycles. The fourth-order valence-corrected chi connectivity index (χ4v) is 4.21. The van der Waals surface area contributed by atoms with Crippen LogP contribution < -0.4 is 24.8 Å². The summed E-state index contributed by atoms with van der Waals surface area (Å²) in [7, 11) is -3.79. The maximum absolute atomic E-state index is 12.6. The Hall–Kier alpha value is -4.05. The Kier molecular flexibility index (Phi) is 6.18. The van der Waals surface area contributed by atoms with Crippen molar-refractivity contribution in [3.63, 3.8) is 0 Å². The average molecular weight is 468 g/mol. The van der Waals surface area contributed by atoms with E-state index in [1.165, 1.54) is 36.4 Å². The van der Waals surface area contributed by atoms with Crippen molar-refractivity contribution in [2.75, 3.05) is 28.6 Å². The van der Waals surface area contributed by atoms with E-state index in [2.05, 4.69) is 15.4 Å². The summed E-state index contributed by atoms with van der Waals surface area (Å²) in [6.45, 7) is 2.28. The van der Waals surface area contributed by atoms with Crippen LogP contribution in [0.1, 0.15) is 17.3 Å². The van der Waals surface area contributed by atoms with E-state index in [9.17, 15) is 18.0 Å². The molecule has 0 spiro atoms. The Morgan fingerprint density at radius 3 is 2.42 bits per heavy atom. The van der Waals surface area contributed by atoms with Crippen molar-refractivity contribution in [1.82, 2.24) is 0 Å². The van der Waals surface area contributed by atoms with Crippen LogP contribution in [0.2, 0.25) is 0 Å². The minimum atomic E-state index is -3.79. The second-order valence-corrected chi connectivity index (χ2v) is 8.77. The van der Waals surface area contributed by atoms with Crippen LogP contribution >= 0.6 is 0 Å². The van der Waals surface area contributed by atoms with E-state index in [1.54, 1.807) is 30.3 Å². The Bertz CT molecular complexity index is 1290. The van der Waals surface area contributed by atoms with Gasteiger partial charge in [0.25, 0.3) is 21.8 Å². The number of benzene rings is 3. The first kappa shape index (κ1) is 22.2. The second kappa shape index (κ2) is 9.21. The van der Waals surface area contributed by atoms with Crippen LogP contribution in [0.25, 0.3) is 0 Å². The molecule has 2 amide bonds. The number of ether oxygens (including phenoxy) is 2. The lowest BCUT2D eigenvalue weighted by Gasteiger charge is -2.18. The van der Waals surface area contributed by atoms with Crippen LogP contribution in [0.15, 0.2) is 71.6 Å². The van der Waals surface area contributed by atoms with Crippen LogP contribution in [0.4, 0.5) is 17.1 Å². The van der Waals surface area contributed by atoms with Crippen molar-refractivity contribution in [2.24, 2.45) is 0 Å². The van der Waals surface area contributed by atoms with E-state index >= 15 is 0 Å². The zero-order valence-electron chi connectivity index (χ0n) is 17.6. The molecule has 0 aromatic heterocycles. The van der Waals surface area contributed by atoms with Crippen LogP contribution in [0.3, 0.4) is 0 Å². The molecule has 0 atom stereocenters. The van der Waals surface area contributed by atoms with Gasteiger partial charge < -0.3 is 20.1 Å². The summed E-state index contributed by atoms with van der Waals surface area (Å²) in [6, 6.07) is 17.0. The van der Waals surface area contributed by atoms with Gasteiger partial charge in [0.1, 0.15) is 11.5 Å². The molecule has 0 saturated carbocycles. The quantitative estimate of drug-likeness (QED) is 0.489. The summed E-state index contributed by atoms with van der Waals surface area (Å²) in [5, 5.41) is 5.41. The summed E-state index contributed by atoms with van der Waals surface area (Å²) in [5.74, 6) is 0.450. The molecule has 0 unspecified atom stereocenters. The molecule has 1 aliphatic rings. The number of rotatable bonds is 7. The fraction of sp³-hybridized carbons (Fsp3) is 0.130. The van der Waals surface area contributed by atoms with Gasteiger partial charge >= 0.3 is 0 Å². The van der Waals surface area contributed by atoms with Gasteiger partial charge in [-0.3, -0.25) is 14.3 Å². The summed E-state index contributed by atoms with van der Waals surface area (Å²) < 4.78 is 38.3. The number of amides is 2. The number of sulfonamides is 1. The summed E-state index contributed by atoms with van der Waals surface area (Å²) in [4.78, 5) is 24.1. The minimum Gasteiger partial charge on any atom is -0.494 e. The summed E-state index contributed by atoms with van der Waals surface area (Å²) in [6.07, 6.45) is 0. The Morgan fingerprint density at radius 1 is 1.03 bits per heavy atom. The number of hydrogen-bond donors (Lipinski definition) is 3. The van der Waals surface area contributed by atoms with Crippen molar-refractivity contribution in [1.29, 1.82) is 0 Å². The first-order chi connectivity index (χ1) is 15.8. The smallest absolute Gasteiger partial charge is 0.262 e. The lowest BCUT2D eigenvalue weighted by molar-refractivity contribution is -0.118. The maximum atomic E-state index is 12.6. The minimum absolute atomic E-state index is 0.0482. The Labute approximate surface area is 190 Å². The first-order valence-corrected chi connectivity index (χ1v) is 11.6. The molecule has 3 aromatic carbocycles. The van der Waals surface area contributed by atoms with Crippen LogP contribution in [-0.2, 0) is 14.8 Å². The van der Waals surface area contributed by atoms with Crippen molar-refractivity contribution >= 4 is 38.9 Å². The molecule has 0 bridgehead atoms. The summed E-state index contributed by atoms with van der Waals surface area (Å²) in [5.41, 5.74) is 1.60. The number of carbonyl (C=O) groups excluding carboxylic acids is 2. The van der Waals surface area contributed by atoms with Crippen LogP contribution in [0.5, 0.6) is 11.5 Å². The maximum Gasteiger partial charge on any atom is 0.262 e. The van der Waals surface area contributed by atoms with Gasteiger partial charge in [-0.05, 0) is 73.7 Å². The van der Waals surface area contributed by atoms with E-state index in [1.807, 2.05) is 6.92 Å². The molecule has 33 heavy (non-hydrogen) atoms. The second-order valence-electron chi connectivity index (χ2n) is 7.09. The molecule has 3 aromatic rings. The molecule has 1 heterocycles. The van der Waals surface area contributed by atoms with Crippen molar-refractivity contribution in [3.05, 3.63) is 72.3 Å². The van der Waals surface area contributed by atoms with Crippen LogP contribution in [-0.4, -0.2) is 33.4 Å². The molecule has 10 heteroatoms. The number of nitrogens with one attached hydrogen (secondary N) is 3. The van der Waals surface area contributed by atoms with Gasteiger partial charge in [0.05, 0.1) is 17.2 Å². The van der Waals surface area contributed by atoms with Gasteiger partial charge in [-0.1, -0.05) is 0 Å². The highest BCUT2D eigenvalue weighted by molar-refractivity contribution is 7.92. The molecule has 3 N–H and O–H groups in total. The van der Waals surface area contributed by atoms with E-state index in [0.717, 1.165) is 0 Å². The molecular weight excluding hydrogens is 446 g/mol. The third-order valence-electron chi connectivity index (χ3n) is 4.71. The number of fused-ring (bicyclic) bond motifs is 1. The van der Waals surface area contributed by atoms with Crippen molar-refractivity contribution in [2.45, 2.75) is 11.8 Å². The van der Waals surface area contributed by atoms with Gasteiger partial charge in [-0.25, -0.2) is 8.42 Å². The number of carbonyl (C=O) groups is 2. The topological polar surface area (TPSA) is 123 Å². The zero-order chi connectivity index (χ0) is 23.4. The van der Waals surface area contributed by atoms with Crippen molar-refractivity contribution in [3.8, 4) is 11.5 Å². The molecular formula is C23H21N3O6S. The Balaban J connectivity index is 1.42. The lowest BCUT2D eigenvalue weighted by Crippen LogP contribution is -2.25. The van der Waals surface area contributed by atoms with Gasteiger partial charge in [0.15, 0.2) is 6.61 Å². The van der Waals surface area contributed by atoms with E-state index < -0.39 is 10.0 Å². The first-order valence-electron chi connectivity index (χ1n) is 10.1. The van der Waals surface area contributed by atoms with Gasteiger partial charge in [-0.2, -0.15) is 0 Å². The third kappa shape index (κ3) is 5.24. The largest absolute Gasteiger partial charge is 0.494 e. The predicted octanol–water partition coefficient (Wildman–Crippen LogP) is 3.47. The van der Waals surface area contributed by atoms with E-state index in [4.69, 9.17) is 9.47 Å². The number of hydrogen-bond acceptors (Lipinski definition) is 6. The highest BCUT2D eigenvalue weighted by atomic mass is 32.2. The highest BCUT2D eigenvalue weighted by Crippen LogP contribution is 2.30. The summed E-state index contributed by atoms with van der Waals surface area (Å²) >= 11 is 0. The molecule has 0 fully saturated rings. The monoisotopic (exact) mass is 467 g/mol. The SMILES string of the molecule is CCOc1ccc(S(=O)(=O)Nc2ccc(C(=O)Nc3ccc4c(c3)NC(=O)CO4)cc2)cc1. The standard InChI is InChI=1S/C23H21N3O6S/c1-2-31-18-8-10-19(11-9-18)33(29,30)26-16-5-3-15(4-6-16)23(28)24-17-7-12-21-20(13-17)25-22(27)14-32-21/h3-13,26H,2,14H2,1H3,(H,24,28)(H,25,27). The molecule has 4 rings (SSSR count). The normalized spacial score (nSPS) is 12.7. The average Bonchev–Trinajstić information content (AvgIpc) is 2.79. The Morgan fingerprint density at radius 2 is 1.73 bits per heavy atom. The molecule has 9 nitrogen and oxygen atoms in total. The lowest BCUT2D eigenvalue weighted by atomic mass is 10.2. The van der Waals surface area contributed by atoms with Gasteiger partial charge in [0, 0.05) is 16.9 Å². The molecule has 170 valence electrons. The molecule has 0 radical (unpaired) electrons. The zero-order valence-corrected chi connectivity index (χ0v) is 18.4. The predicted molar refractivity (Wildman–Crippen MR) is 123 cm³/mol.